The number of benzene rings is 4. The summed E-state index contributed by atoms with van der Waals surface area (Å²) in [6.45, 7) is 2.95. The summed E-state index contributed by atoms with van der Waals surface area (Å²) < 4.78 is 17.0. The van der Waals surface area contributed by atoms with Gasteiger partial charge >= 0.3 is 12.2 Å². The van der Waals surface area contributed by atoms with Crippen molar-refractivity contribution in [1.82, 2.24) is 9.80 Å². The molecule has 0 radical (unpaired) electrons. The van der Waals surface area contributed by atoms with Gasteiger partial charge in [-0.1, -0.05) is 67.6 Å². The Labute approximate surface area is 308 Å². The molecule has 2 N–H and O–H groups in total. The average Bonchev–Trinajstić information content (AvgIpc) is 3.89. The lowest BCUT2D eigenvalue weighted by Crippen LogP contribution is -2.43. The Bertz CT molecular complexity index is 1980. The topological polar surface area (TPSA) is 130 Å². The van der Waals surface area contributed by atoms with Gasteiger partial charge in [-0.3, -0.25) is 19.4 Å². The summed E-state index contributed by atoms with van der Waals surface area (Å²) in [6, 6.07) is 36.5. The van der Waals surface area contributed by atoms with Crippen LogP contribution in [-0.2, 0) is 32.3 Å². The van der Waals surface area contributed by atoms with Crippen LogP contribution in [0, 0.1) is 0 Å². The van der Waals surface area contributed by atoms with Crippen LogP contribution < -0.4 is 10.6 Å². The zero-order valence-corrected chi connectivity index (χ0v) is 29.5. The van der Waals surface area contributed by atoms with Crippen LogP contribution >= 0.6 is 0 Å². The number of likely N-dealkylation sites (tertiary alicyclic amines) is 1. The molecule has 272 valence electrons. The van der Waals surface area contributed by atoms with Crippen molar-refractivity contribution in [3.8, 4) is 22.6 Å². The highest BCUT2D eigenvalue weighted by Gasteiger charge is 2.35. The molecule has 1 saturated heterocycles. The van der Waals surface area contributed by atoms with E-state index in [0.717, 1.165) is 28.7 Å². The summed E-state index contributed by atoms with van der Waals surface area (Å²) in [7, 11) is 0. The van der Waals surface area contributed by atoms with Crippen molar-refractivity contribution in [3.05, 3.63) is 132 Å². The highest BCUT2D eigenvalue weighted by molar-refractivity contribution is 5.97. The third-order valence-electron chi connectivity index (χ3n) is 8.78. The highest BCUT2D eigenvalue weighted by atomic mass is 16.6. The van der Waals surface area contributed by atoms with Gasteiger partial charge in [-0.05, 0) is 91.1 Å². The van der Waals surface area contributed by atoms with Crippen LogP contribution in [0.1, 0.15) is 37.3 Å². The van der Waals surface area contributed by atoms with E-state index in [1.807, 2.05) is 104 Å². The Hall–Kier alpha value is -6.36. The molecule has 6 rings (SSSR count). The third-order valence-corrected chi connectivity index (χ3v) is 8.78. The standard InChI is InChI=1S/C42H42N4O7/c1-2-25-45(41(49)51-28-30-10-5-3-6-11-30)27-39(47)43-34-19-15-32(16-20-34)37-23-24-38(53-37)33-17-21-35(22-18-33)44-40(48)36-14-9-26-46(36)42(50)52-29-31-12-7-4-8-13-31/h3-8,10-13,15-24,36H,2,9,14,25-29H2,1H3,(H,43,47)(H,44,48). The van der Waals surface area contributed by atoms with Crippen LogP contribution in [0.2, 0.25) is 0 Å². The Morgan fingerprint density at radius 1 is 0.717 bits per heavy atom. The molecule has 1 unspecified atom stereocenters. The van der Waals surface area contributed by atoms with E-state index in [9.17, 15) is 19.2 Å². The zero-order valence-electron chi connectivity index (χ0n) is 29.5. The van der Waals surface area contributed by atoms with Crippen LogP contribution in [0.25, 0.3) is 22.6 Å². The van der Waals surface area contributed by atoms with E-state index in [0.29, 0.717) is 48.8 Å². The summed E-state index contributed by atoms with van der Waals surface area (Å²) in [6.07, 6.45) is 0.937. The van der Waals surface area contributed by atoms with Crippen molar-refractivity contribution in [3.63, 3.8) is 0 Å². The largest absolute Gasteiger partial charge is 0.456 e. The van der Waals surface area contributed by atoms with Gasteiger partial charge in [0.25, 0.3) is 0 Å². The Balaban J connectivity index is 0.989. The maximum Gasteiger partial charge on any atom is 0.410 e. The molecular formula is C42H42N4O7. The van der Waals surface area contributed by atoms with E-state index in [4.69, 9.17) is 13.9 Å². The smallest absolute Gasteiger partial charge is 0.410 e. The molecule has 11 nitrogen and oxygen atoms in total. The second-order valence-corrected chi connectivity index (χ2v) is 12.7. The fourth-order valence-electron chi connectivity index (χ4n) is 6.06. The van der Waals surface area contributed by atoms with Gasteiger partial charge in [-0.25, -0.2) is 9.59 Å². The van der Waals surface area contributed by atoms with E-state index >= 15 is 0 Å². The molecule has 1 aliphatic heterocycles. The van der Waals surface area contributed by atoms with Crippen LogP contribution in [0.4, 0.5) is 21.0 Å². The molecule has 0 saturated carbocycles. The first-order chi connectivity index (χ1) is 25.9. The van der Waals surface area contributed by atoms with E-state index in [-0.39, 0.29) is 31.6 Å². The molecule has 4 amide bonds. The van der Waals surface area contributed by atoms with Crippen molar-refractivity contribution in [2.24, 2.45) is 0 Å². The van der Waals surface area contributed by atoms with Gasteiger partial charge < -0.3 is 24.5 Å². The number of rotatable bonds is 13. The minimum Gasteiger partial charge on any atom is -0.456 e. The number of furan rings is 1. The zero-order chi connectivity index (χ0) is 37.0. The SMILES string of the molecule is CCCN(CC(=O)Nc1ccc(-c2ccc(-c3ccc(NC(=O)C4CCCN4C(=O)OCc4ccccc4)cc3)o2)cc1)C(=O)OCc1ccccc1. The molecule has 4 aromatic carbocycles. The van der Waals surface area contributed by atoms with Gasteiger partial charge in [0.15, 0.2) is 0 Å². The van der Waals surface area contributed by atoms with Crippen molar-refractivity contribution < 1.29 is 33.1 Å². The van der Waals surface area contributed by atoms with Crippen LogP contribution in [0.3, 0.4) is 0 Å². The monoisotopic (exact) mass is 714 g/mol. The van der Waals surface area contributed by atoms with E-state index in [1.54, 1.807) is 24.3 Å². The van der Waals surface area contributed by atoms with Crippen LogP contribution in [0.5, 0.6) is 0 Å². The first-order valence-electron chi connectivity index (χ1n) is 17.7. The molecule has 5 aromatic rings. The maximum atomic E-state index is 13.1. The molecular weight excluding hydrogens is 672 g/mol. The first-order valence-corrected chi connectivity index (χ1v) is 17.7. The summed E-state index contributed by atoms with van der Waals surface area (Å²) in [5.74, 6) is 0.704. The Morgan fingerprint density at radius 3 is 1.83 bits per heavy atom. The molecule has 0 aliphatic carbocycles. The van der Waals surface area contributed by atoms with Crippen molar-refractivity contribution in [1.29, 1.82) is 0 Å². The summed E-state index contributed by atoms with van der Waals surface area (Å²) in [5, 5.41) is 5.78. The summed E-state index contributed by atoms with van der Waals surface area (Å²) >= 11 is 0. The van der Waals surface area contributed by atoms with E-state index in [1.165, 1.54) is 9.80 Å². The van der Waals surface area contributed by atoms with Crippen molar-refractivity contribution >= 4 is 35.4 Å². The maximum absolute atomic E-state index is 13.1. The number of hydrogen-bond acceptors (Lipinski definition) is 7. The van der Waals surface area contributed by atoms with Gasteiger partial charge in [-0.2, -0.15) is 0 Å². The lowest BCUT2D eigenvalue weighted by Gasteiger charge is -2.23. The highest BCUT2D eigenvalue weighted by Crippen LogP contribution is 2.30. The van der Waals surface area contributed by atoms with Crippen molar-refractivity contribution in [2.75, 3.05) is 30.3 Å². The predicted molar refractivity (Wildman–Crippen MR) is 202 cm³/mol. The lowest BCUT2D eigenvalue weighted by molar-refractivity contribution is -0.120. The van der Waals surface area contributed by atoms with Crippen LogP contribution in [0.15, 0.2) is 126 Å². The summed E-state index contributed by atoms with van der Waals surface area (Å²) in [5.41, 5.74) is 4.59. The molecule has 0 bridgehead atoms. The molecule has 1 atom stereocenters. The second kappa shape index (κ2) is 17.7. The number of anilines is 2. The van der Waals surface area contributed by atoms with Gasteiger partial charge in [0.2, 0.25) is 11.8 Å². The lowest BCUT2D eigenvalue weighted by atomic mass is 10.1. The minimum atomic E-state index is -0.602. The molecule has 0 spiro atoms. The quantitative estimate of drug-likeness (QED) is 0.125. The fraction of sp³-hybridized carbons (Fsp3) is 0.238. The molecule has 1 fully saturated rings. The Kier molecular flexibility index (Phi) is 12.2. The van der Waals surface area contributed by atoms with E-state index in [2.05, 4.69) is 10.6 Å². The fourth-order valence-corrected chi connectivity index (χ4v) is 6.06. The molecule has 11 heteroatoms. The molecule has 1 aromatic heterocycles. The number of ether oxygens (including phenoxy) is 2. The molecule has 1 aliphatic rings. The number of hydrogen-bond donors (Lipinski definition) is 2. The molecule has 53 heavy (non-hydrogen) atoms. The Morgan fingerprint density at radius 2 is 1.26 bits per heavy atom. The second-order valence-electron chi connectivity index (χ2n) is 12.7. The van der Waals surface area contributed by atoms with Gasteiger partial charge in [0.1, 0.15) is 37.3 Å². The number of carbonyl (C=O) groups is 4. The average molecular weight is 715 g/mol. The number of carbonyl (C=O) groups excluding carboxylic acids is 4. The first kappa shape index (κ1) is 36.4. The van der Waals surface area contributed by atoms with E-state index < -0.39 is 18.2 Å². The number of nitrogens with zero attached hydrogens (tertiary/aromatic N) is 2. The number of amides is 4. The number of nitrogens with one attached hydrogen (secondary N) is 2. The normalized spacial score (nSPS) is 13.6. The van der Waals surface area contributed by atoms with Crippen LogP contribution in [-0.4, -0.2) is 59.5 Å². The van der Waals surface area contributed by atoms with Gasteiger partial charge in [-0.15, -0.1) is 0 Å². The molecule has 2 heterocycles. The van der Waals surface area contributed by atoms with Gasteiger partial charge in [0.05, 0.1) is 0 Å². The van der Waals surface area contributed by atoms with Crippen molar-refractivity contribution in [2.45, 2.75) is 45.4 Å². The predicted octanol–water partition coefficient (Wildman–Crippen LogP) is 8.34. The third kappa shape index (κ3) is 9.91. The minimum absolute atomic E-state index is 0.129. The summed E-state index contributed by atoms with van der Waals surface area (Å²) in [4.78, 5) is 54.3. The van der Waals surface area contributed by atoms with Gasteiger partial charge in [0, 0.05) is 35.6 Å².